The van der Waals surface area contributed by atoms with Crippen LogP contribution in [0.5, 0.6) is 0 Å². The summed E-state index contributed by atoms with van der Waals surface area (Å²) in [5.41, 5.74) is 0.745. The van der Waals surface area contributed by atoms with Gasteiger partial charge in [0.2, 0.25) is 5.91 Å². The van der Waals surface area contributed by atoms with Gasteiger partial charge in [-0.25, -0.2) is 18.2 Å². The molecule has 2 unspecified atom stereocenters. The molecule has 0 saturated carbocycles. The van der Waals surface area contributed by atoms with Crippen molar-refractivity contribution in [3.8, 4) is 0 Å². The number of hydrogen-bond donors (Lipinski definition) is 2. The van der Waals surface area contributed by atoms with Crippen molar-refractivity contribution < 1.29 is 23.1 Å². The topological polar surface area (TPSA) is 117 Å². The van der Waals surface area contributed by atoms with E-state index in [2.05, 4.69) is 10.3 Å². The molecule has 2 aliphatic heterocycles. The Labute approximate surface area is 124 Å². The van der Waals surface area contributed by atoms with Gasteiger partial charge in [-0.2, -0.15) is 4.31 Å². The Bertz CT molecular complexity index is 698. The lowest BCUT2D eigenvalue weighted by atomic mass is 9.93. The van der Waals surface area contributed by atoms with E-state index in [0.29, 0.717) is 12.8 Å². The number of rotatable bonds is 3. The predicted molar refractivity (Wildman–Crippen MR) is 72.5 cm³/mol. The first-order valence-electron chi connectivity index (χ1n) is 6.39. The van der Waals surface area contributed by atoms with Crippen LogP contribution in [0.4, 0.5) is 0 Å². The van der Waals surface area contributed by atoms with Crippen molar-refractivity contribution in [3.05, 3.63) is 11.2 Å². The number of hydrogen-bond acceptors (Lipinski definition) is 6. The summed E-state index contributed by atoms with van der Waals surface area (Å²) in [6.45, 7) is 0.555. The molecule has 8 nitrogen and oxygen atoms in total. The van der Waals surface area contributed by atoms with Crippen LogP contribution in [0.3, 0.4) is 0 Å². The molecule has 2 atom stereocenters. The second-order valence-electron chi connectivity index (χ2n) is 4.97. The molecule has 3 heterocycles. The molecule has 2 aliphatic rings. The van der Waals surface area contributed by atoms with Gasteiger partial charge in [0.05, 0.1) is 17.5 Å². The molecule has 3 rings (SSSR count). The third-order valence-corrected chi connectivity index (χ3v) is 7.10. The van der Waals surface area contributed by atoms with Gasteiger partial charge in [-0.3, -0.25) is 4.79 Å². The first-order valence-corrected chi connectivity index (χ1v) is 8.71. The molecule has 0 bridgehead atoms. The molecule has 1 aromatic rings. The molecule has 2 fully saturated rings. The summed E-state index contributed by atoms with van der Waals surface area (Å²) in [5.74, 6) is -1.86. The molecule has 0 aromatic carbocycles. The van der Waals surface area contributed by atoms with E-state index >= 15 is 0 Å². The van der Waals surface area contributed by atoms with Crippen LogP contribution in [0.2, 0.25) is 0 Å². The van der Waals surface area contributed by atoms with Crippen LogP contribution in [0.15, 0.2) is 9.72 Å². The summed E-state index contributed by atoms with van der Waals surface area (Å²) in [7, 11) is -3.96. The molecule has 0 radical (unpaired) electrons. The smallest absolute Gasteiger partial charge is 0.356 e. The second-order valence-corrected chi connectivity index (χ2v) is 7.91. The second kappa shape index (κ2) is 5.04. The Balaban J connectivity index is 2.00. The maximum Gasteiger partial charge on any atom is 0.356 e. The Kier molecular flexibility index (Phi) is 3.46. The standard InChI is InChI=1S/C11H13N3O5S2/c15-9-6-2-1-3-14(7(6)4-12-9)21(18,19)11-8(10(16)17)13-5-20-11/h5-7H,1-4H2,(H,12,15)(H,16,17). The van der Waals surface area contributed by atoms with Gasteiger partial charge >= 0.3 is 5.97 Å². The highest BCUT2D eigenvalue weighted by Crippen LogP contribution is 2.34. The van der Waals surface area contributed by atoms with E-state index in [9.17, 15) is 18.0 Å². The number of thiazole rings is 1. The van der Waals surface area contributed by atoms with E-state index in [1.807, 2.05) is 0 Å². The van der Waals surface area contributed by atoms with Crippen molar-refractivity contribution in [1.29, 1.82) is 0 Å². The average Bonchev–Trinajstić information content (AvgIpc) is 3.06. The fourth-order valence-electron chi connectivity index (χ4n) is 2.88. The zero-order chi connectivity index (χ0) is 15.2. The Hall–Kier alpha value is -1.52. The molecule has 0 aliphatic carbocycles. The van der Waals surface area contributed by atoms with Crippen LogP contribution in [0.1, 0.15) is 23.3 Å². The number of carboxylic acid groups (broad SMARTS) is 1. The largest absolute Gasteiger partial charge is 0.476 e. The zero-order valence-corrected chi connectivity index (χ0v) is 12.5. The molecule has 2 N–H and O–H groups in total. The summed E-state index contributed by atoms with van der Waals surface area (Å²) >= 11 is 0.787. The van der Waals surface area contributed by atoms with Gasteiger partial charge in [0, 0.05) is 13.1 Å². The van der Waals surface area contributed by atoms with Gasteiger partial charge in [-0.1, -0.05) is 0 Å². The van der Waals surface area contributed by atoms with E-state index in [-0.39, 0.29) is 29.1 Å². The number of carbonyl (C=O) groups is 2. The minimum Gasteiger partial charge on any atom is -0.476 e. The minimum absolute atomic E-state index is 0.136. The van der Waals surface area contributed by atoms with Crippen LogP contribution in [-0.2, 0) is 14.8 Å². The number of sulfonamides is 1. The van der Waals surface area contributed by atoms with Crippen LogP contribution in [0.25, 0.3) is 0 Å². The van der Waals surface area contributed by atoms with Crippen molar-refractivity contribution in [2.45, 2.75) is 23.1 Å². The summed E-state index contributed by atoms with van der Waals surface area (Å²) in [6, 6.07) is -0.444. The monoisotopic (exact) mass is 331 g/mol. The van der Waals surface area contributed by atoms with Gasteiger partial charge in [-0.15, -0.1) is 11.3 Å². The molecule has 0 spiro atoms. The normalized spacial score (nSPS) is 26.4. The molecule has 1 aromatic heterocycles. The fourth-order valence-corrected chi connectivity index (χ4v) is 5.83. The van der Waals surface area contributed by atoms with E-state index in [4.69, 9.17) is 5.11 Å². The summed E-state index contributed by atoms with van der Waals surface area (Å²) in [6.07, 6.45) is 1.23. The number of aromatic nitrogens is 1. The van der Waals surface area contributed by atoms with Crippen molar-refractivity contribution in [1.82, 2.24) is 14.6 Å². The molecular weight excluding hydrogens is 318 g/mol. The average molecular weight is 331 g/mol. The number of fused-ring (bicyclic) bond motifs is 1. The SMILES string of the molecule is O=C(O)c1ncsc1S(=O)(=O)N1CCCC2C(=O)NCC21. The van der Waals surface area contributed by atoms with Gasteiger partial charge < -0.3 is 10.4 Å². The number of carbonyl (C=O) groups excluding carboxylic acids is 1. The van der Waals surface area contributed by atoms with Crippen molar-refractivity contribution in [2.75, 3.05) is 13.1 Å². The van der Waals surface area contributed by atoms with Crippen molar-refractivity contribution >= 4 is 33.2 Å². The lowest BCUT2D eigenvalue weighted by Crippen LogP contribution is -2.48. The van der Waals surface area contributed by atoms with Crippen molar-refractivity contribution in [3.63, 3.8) is 0 Å². The summed E-state index contributed by atoms with van der Waals surface area (Å²) in [5, 5.41) is 11.7. The Morgan fingerprint density at radius 2 is 2.29 bits per heavy atom. The van der Waals surface area contributed by atoms with Crippen molar-refractivity contribution in [2.24, 2.45) is 5.92 Å². The highest BCUT2D eigenvalue weighted by atomic mass is 32.2. The zero-order valence-electron chi connectivity index (χ0n) is 10.9. The highest BCUT2D eigenvalue weighted by Gasteiger charge is 2.46. The quantitative estimate of drug-likeness (QED) is 0.788. The number of nitrogens with one attached hydrogen (secondary N) is 1. The van der Waals surface area contributed by atoms with E-state index in [0.717, 1.165) is 11.3 Å². The first-order chi connectivity index (χ1) is 9.93. The Morgan fingerprint density at radius 1 is 1.52 bits per heavy atom. The molecule has 21 heavy (non-hydrogen) atoms. The molecule has 10 heteroatoms. The lowest BCUT2D eigenvalue weighted by Gasteiger charge is -2.34. The van der Waals surface area contributed by atoms with Crippen LogP contribution >= 0.6 is 11.3 Å². The first kappa shape index (κ1) is 14.4. The molecule has 2 saturated heterocycles. The van der Waals surface area contributed by atoms with Gasteiger partial charge in [0.1, 0.15) is 0 Å². The van der Waals surface area contributed by atoms with Gasteiger partial charge in [-0.05, 0) is 12.8 Å². The number of piperidine rings is 1. The van der Waals surface area contributed by atoms with Crippen LogP contribution in [-0.4, -0.2) is 53.8 Å². The molecule has 114 valence electrons. The molecule has 1 amide bonds. The van der Waals surface area contributed by atoms with Gasteiger partial charge in [0.25, 0.3) is 10.0 Å². The third-order valence-electron chi connectivity index (χ3n) is 3.83. The predicted octanol–water partition coefficient (Wildman–Crippen LogP) is -0.260. The minimum atomic E-state index is -3.96. The number of amides is 1. The fraction of sp³-hybridized carbons (Fsp3) is 0.545. The number of aromatic carboxylic acids is 1. The third kappa shape index (κ3) is 2.23. The summed E-state index contributed by atoms with van der Waals surface area (Å²) < 4.78 is 26.4. The van der Waals surface area contributed by atoms with E-state index in [1.54, 1.807) is 0 Å². The van der Waals surface area contributed by atoms with Crippen LogP contribution in [0, 0.1) is 5.92 Å². The number of carboxylic acids is 1. The summed E-state index contributed by atoms with van der Waals surface area (Å²) in [4.78, 5) is 26.4. The lowest BCUT2D eigenvalue weighted by molar-refractivity contribution is -0.123. The maximum absolute atomic E-state index is 12.7. The number of nitrogens with zero attached hydrogens (tertiary/aromatic N) is 2. The van der Waals surface area contributed by atoms with E-state index < -0.39 is 27.7 Å². The van der Waals surface area contributed by atoms with E-state index in [1.165, 1.54) is 9.82 Å². The van der Waals surface area contributed by atoms with Gasteiger partial charge in [0.15, 0.2) is 9.90 Å². The molecular formula is C11H13N3O5S2. The Morgan fingerprint density at radius 3 is 3.00 bits per heavy atom. The highest BCUT2D eigenvalue weighted by molar-refractivity contribution is 7.91. The van der Waals surface area contributed by atoms with Crippen LogP contribution < -0.4 is 5.32 Å². The maximum atomic E-state index is 12.7.